The molecule has 0 aliphatic rings. The highest BCUT2D eigenvalue weighted by Crippen LogP contribution is 2.27. The molecule has 0 aliphatic carbocycles. The summed E-state index contributed by atoms with van der Waals surface area (Å²) in [5.74, 6) is -0.226. The molecular formula is C23H22N2O4. The topological polar surface area (TPSA) is 87.7 Å². The number of hydrogen-bond donors (Lipinski definition) is 3. The van der Waals surface area contributed by atoms with Crippen LogP contribution < -0.4 is 15.4 Å². The standard InChI is InChI=1S/C23H22N2O4/c1-15-8-10-19(12-16(15)2)29-14-22(27)24-18-9-11-20(21(26)13-18)25-23(28)17-6-4-3-5-7-17/h3-13,26H,14H2,1-2H3,(H,24,27)(H,25,28). The first-order valence-electron chi connectivity index (χ1n) is 9.11. The van der Waals surface area contributed by atoms with Gasteiger partial charge in [-0.3, -0.25) is 9.59 Å². The lowest BCUT2D eigenvalue weighted by Crippen LogP contribution is -2.20. The molecular weight excluding hydrogens is 368 g/mol. The third-order valence-corrected chi connectivity index (χ3v) is 4.41. The Morgan fingerprint density at radius 3 is 2.34 bits per heavy atom. The second-order valence-corrected chi connectivity index (χ2v) is 6.63. The van der Waals surface area contributed by atoms with Crippen LogP contribution in [0, 0.1) is 13.8 Å². The zero-order chi connectivity index (χ0) is 20.8. The Bertz CT molecular complexity index is 1030. The van der Waals surface area contributed by atoms with Crippen molar-refractivity contribution in [1.29, 1.82) is 0 Å². The number of ether oxygens (including phenoxy) is 1. The number of hydrogen-bond acceptors (Lipinski definition) is 4. The second kappa shape index (κ2) is 8.93. The van der Waals surface area contributed by atoms with Gasteiger partial charge in [0.2, 0.25) is 0 Å². The van der Waals surface area contributed by atoms with Gasteiger partial charge >= 0.3 is 0 Å². The van der Waals surface area contributed by atoms with Gasteiger partial charge in [-0.2, -0.15) is 0 Å². The zero-order valence-corrected chi connectivity index (χ0v) is 16.2. The summed E-state index contributed by atoms with van der Waals surface area (Å²) in [4.78, 5) is 24.3. The Morgan fingerprint density at radius 2 is 1.66 bits per heavy atom. The largest absolute Gasteiger partial charge is 0.506 e. The Labute approximate surface area is 169 Å². The van der Waals surface area contributed by atoms with E-state index in [1.165, 1.54) is 12.1 Å². The van der Waals surface area contributed by atoms with E-state index in [0.29, 0.717) is 17.0 Å². The van der Waals surface area contributed by atoms with Crippen molar-refractivity contribution in [3.63, 3.8) is 0 Å². The van der Waals surface area contributed by atoms with Crippen molar-refractivity contribution in [2.75, 3.05) is 17.2 Å². The maximum atomic E-state index is 12.2. The Balaban J connectivity index is 1.57. The summed E-state index contributed by atoms with van der Waals surface area (Å²) in [5.41, 5.74) is 3.36. The Morgan fingerprint density at radius 1 is 0.897 bits per heavy atom. The first kappa shape index (κ1) is 19.9. The molecule has 0 atom stereocenters. The number of carbonyl (C=O) groups excluding carboxylic acids is 2. The second-order valence-electron chi connectivity index (χ2n) is 6.63. The van der Waals surface area contributed by atoms with Crippen LogP contribution in [0.4, 0.5) is 11.4 Å². The zero-order valence-electron chi connectivity index (χ0n) is 16.2. The normalized spacial score (nSPS) is 10.3. The molecule has 0 unspecified atom stereocenters. The van der Waals surface area contributed by atoms with Gasteiger partial charge in [-0.25, -0.2) is 0 Å². The number of nitrogens with one attached hydrogen (secondary N) is 2. The maximum Gasteiger partial charge on any atom is 0.262 e. The predicted molar refractivity (Wildman–Crippen MR) is 113 cm³/mol. The van der Waals surface area contributed by atoms with E-state index in [0.717, 1.165) is 11.1 Å². The summed E-state index contributed by atoms with van der Waals surface area (Å²) >= 11 is 0. The van der Waals surface area contributed by atoms with Crippen molar-refractivity contribution in [3.05, 3.63) is 83.4 Å². The summed E-state index contributed by atoms with van der Waals surface area (Å²) in [5, 5.41) is 15.5. The number of rotatable bonds is 6. The highest BCUT2D eigenvalue weighted by Gasteiger charge is 2.11. The number of amides is 2. The molecule has 0 heterocycles. The van der Waals surface area contributed by atoms with E-state index in [-0.39, 0.29) is 29.9 Å². The van der Waals surface area contributed by atoms with Gasteiger partial charge in [-0.15, -0.1) is 0 Å². The van der Waals surface area contributed by atoms with Gasteiger partial charge in [-0.1, -0.05) is 24.3 Å². The van der Waals surface area contributed by atoms with Crippen LogP contribution in [0.1, 0.15) is 21.5 Å². The third-order valence-electron chi connectivity index (χ3n) is 4.41. The van der Waals surface area contributed by atoms with Gasteiger partial charge in [-0.05, 0) is 61.4 Å². The average Bonchev–Trinajstić information content (AvgIpc) is 2.71. The number of aromatic hydroxyl groups is 1. The molecule has 0 saturated carbocycles. The lowest BCUT2D eigenvalue weighted by atomic mass is 10.1. The van der Waals surface area contributed by atoms with Crippen LogP contribution in [0.3, 0.4) is 0 Å². The molecule has 0 aromatic heterocycles. The minimum absolute atomic E-state index is 0.151. The fraction of sp³-hybridized carbons (Fsp3) is 0.130. The number of phenolic OH excluding ortho intramolecular Hbond substituents is 1. The molecule has 0 radical (unpaired) electrons. The van der Waals surface area contributed by atoms with Crippen LogP contribution in [0.15, 0.2) is 66.7 Å². The minimum Gasteiger partial charge on any atom is -0.506 e. The molecule has 148 valence electrons. The van der Waals surface area contributed by atoms with Crippen molar-refractivity contribution in [2.24, 2.45) is 0 Å². The maximum absolute atomic E-state index is 12.2. The molecule has 6 nitrogen and oxygen atoms in total. The van der Waals surface area contributed by atoms with Crippen LogP contribution in [-0.4, -0.2) is 23.5 Å². The molecule has 0 spiro atoms. The van der Waals surface area contributed by atoms with Crippen LogP contribution in [0.5, 0.6) is 11.5 Å². The van der Waals surface area contributed by atoms with E-state index >= 15 is 0 Å². The van der Waals surface area contributed by atoms with Gasteiger partial charge < -0.3 is 20.5 Å². The number of carbonyl (C=O) groups is 2. The van der Waals surface area contributed by atoms with Crippen LogP contribution in [-0.2, 0) is 4.79 Å². The Hall–Kier alpha value is -3.80. The summed E-state index contributed by atoms with van der Waals surface area (Å²) in [6, 6.07) is 18.8. The smallest absolute Gasteiger partial charge is 0.262 e. The fourth-order valence-corrected chi connectivity index (χ4v) is 2.65. The van der Waals surface area contributed by atoms with Gasteiger partial charge in [0.15, 0.2) is 6.61 Å². The molecule has 0 aliphatic heterocycles. The van der Waals surface area contributed by atoms with Gasteiger partial charge in [0.25, 0.3) is 11.8 Å². The number of aryl methyl sites for hydroxylation is 2. The minimum atomic E-state index is -0.358. The lowest BCUT2D eigenvalue weighted by Gasteiger charge is -2.11. The third kappa shape index (κ3) is 5.35. The molecule has 3 aromatic rings. The van der Waals surface area contributed by atoms with Crippen LogP contribution in [0.25, 0.3) is 0 Å². The first-order chi connectivity index (χ1) is 13.9. The van der Waals surface area contributed by atoms with Crippen molar-refractivity contribution >= 4 is 23.2 Å². The number of benzene rings is 3. The van der Waals surface area contributed by atoms with E-state index in [1.807, 2.05) is 38.1 Å². The number of phenols is 1. The first-order valence-corrected chi connectivity index (χ1v) is 9.11. The van der Waals surface area contributed by atoms with Crippen LogP contribution in [0.2, 0.25) is 0 Å². The summed E-state index contributed by atoms with van der Waals surface area (Å²) in [7, 11) is 0. The van der Waals surface area contributed by atoms with Gasteiger partial charge in [0, 0.05) is 17.3 Å². The van der Waals surface area contributed by atoms with Gasteiger partial charge in [0.1, 0.15) is 11.5 Å². The predicted octanol–water partition coefficient (Wildman–Crippen LogP) is 4.28. The molecule has 2 amide bonds. The van der Waals surface area contributed by atoms with Crippen molar-refractivity contribution in [1.82, 2.24) is 0 Å². The molecule has 0 saturated heterocycles. The SMILES string of the molecule is Cc1ccc(OCC(=O)Nc2ccc(NC(=O)c3ccccc3)c(O)c2)cc1C. The summed E-state index contributed by atoms with van der Waals surface area (Å²) in [6.07, 6.45) is 0. The van der Waals surface area contributed by atoms with Crippen molar-refractivity contribution in [2.45, 2.75) is 13.8 Å². The molecule has 29 heavy (non-hydrogen) atoms. The highest BCUT2D eigenvalue weighted by molar-refractivity contribution is 6.05. The van der Waals surface area contributed by atoms with E-state index in [1.54, 1.807) is 30.3 Å². The number of anilines is 2. The van der Waals surface area contributed by atoms with E-state index in [9.17, 15) is 14.7 Å². The van der Waals surface area contributed by atoms with E-state index in [2.05, 4.69) is 10.6 Å². The fourth-order valence-electron chi connectivity index (χ4n) is 2.65. The van der Waals surface area contributed by atoms with Crippen molar-refractivity contribution in [3.8, 4) is 11.5 Å². The monoisotopic (exact) mass is 390 g/mol. The van der Waals surface area contributed by atoms with E-state index < -0.39 is 0 Å². The molecule has 0 bridgehead atoms. The van der Waals surface area contributed by atoms with E-state index in [4.69, 9.17) is 4.74 Å². The molecule has 0 fully saturated rings. The van der Waals surface area contributed by atoms with Crippen LogP contribution >= 0.6 is 0 Å². The van der Waals surface area contributed by atoms with Gasteiger partial charge in [0.05, 0.1) is 5.69 Å². The Kier molecular flexibility index (Phi) is 6.14. The average molecular weight is 390 g/mol. The molecule has 3 N–H and O–H groups in total. The lowest BCUT2D eigenvalue weighted by molar-refractivity contribution is -0.118. The molecule has 3 rings (SSSR count). The molecule has 6 heteroatoms. The summed E-state index contributed by atoms with van der Waals surface area (Å²) < 4.78 is 5.50. The molecule has 3 aromatic carbocycles. The quantitative estimate of drug-likeness (QED) is 0.548. The highest BCUT2D eigenvalue weighted by atomic mass is 16.5. The summed E-state index contributed by atoms with van der Waals surface area (Å²) in [6.45, 7) is 3.82. The van der Waals surface area contributed by atoms with Crippen molar-refractivity contribution < 1.29 is 19.4 Å².